The Hall–Kier alpha value is -5.31. The molecule has 1 spiro atoms. The minimum absolute atomic E-state index is 0.0434. The number of hydrogen-bond donors (Lipinski definition) is 1. The standard InChI is InChI=1S/C32H23N3O6/c1-18-17-26-32(22-8-3-4-9-23(22)33-31(32)38)27(30(37)25-11-6-16-41-25)28(34(26)24-10-5-2-7-21(18)24)29(36)19-12-14-20(15-13-19)35(39)40/h2-17,26-28H,1H3,(H,33,38)/t26-,27+,28-,32+/m1/s1. The maximum Gasteiger partial charge on any atom is 0.269 e. The first-order valence-corrected chi connectivity index (χ1v) is 13.2. The minimum Gasteiger partial charge on any atom is -0.461 e. The summed E-state index contributed by atoms with van der Waals surface area (Å²) in [5.74, 6) is -2.41. The molecular weight excluding hydrogens is 522 g/mol. The number of nitro benzene ring substituents is 1. The van der Waals surface area contributed by atoms with E-state index in [0.717, 1.165) is 16.8 Å². The number of carbonyl (C=O) groups is 3. The Morgan fingerprint density at radius 1 is 0.951 bits per heavy atom. The zero-order valence-corrected chi connectivity index (χ0v) is 21.8. The molecule has 0 radical (unpaired) electrons. The van der Waals surface area contributed by atoms with Crippen molar-refractivity contribution in [2.45, 2.75) is 24.4 Å². The summed E-state index contributed by atoms with van der Waals surface area (Å²) in [6.07, 6.45) is 3.35. The number of nitrogens with zero attached hydrogens (tertiary/aromatic N) is 2. The van der Waals surface area contributed by atoms with Gasteiger partial charge >= 0.3 is 0 Å². The van der Waals surface area contributed by atoms with Crippen molar-refractivity contribution in [2.75, 3.05) is 10.2 Å². The first kappa shape index (κ1) is 24.7. The molecule has 1 amide bonds. The average Bonchev–Trinajstić information content (AvgIpc) is 3.70. The van der Waals surface area contributed by atoms with E-state index >= 15 is 0 Å². The molecule has 4 heterocycles. The van der Waals surface area contributed by atoms with Crippen LogP contribution in [-0.4, -0.2) is 34.5 Å². The van der Waals surface area contributed by atoms with Crippen molar-refractivity contribution in [3.05, 3.63) is 130 Å². The molecule has 0 saturated carbocycles. The summed E-state index contributed by atoms with van der Waals surface area (Å²) in [6.45, 7) is 1.96. The van der Waals surface area contributed by atoms with Crippen LogP contribution in [0.2, 0.25) is 0 Å². The SMILES string of the molecule is CC1=C[C@H]2N(c3ccccc31)[C@@H](C(=O)c1ccc([N+](=O)[O-])cc1)[C@@H](C(=O)c1ccco1)[C@@]21C(=O)Nc2ccccc21. The van der Waals surface area contributed by atoms with E-state index in [1.807, 2.05) is 60.4 Å². The number of benzene rings is 3. The highest BCUT2D eigenvalue weighted by molar-refractivity contribution is 6.18. The van der Waals surface area contributed by atoms with Crippen LogP contribution in [0.3, 0.4) is 0 Å². The van der Waals surface area contributed by atoms with Gasteiger partial charge < -0.3 is 14.6 Å². The molecule has 1 saturated heterocycles. The molecule has 4 aromatic rings. The number of ketones is 2. The van der Waals surface area contributed by atoms with E-state index in [2.05, 4.69) is 5.32 Å². The van der Waals surface area contributed by atoms with Gasteiger partial charge in [0.25, 0.3) is 5.69 Å². The summed E-state index contributed by atoms with van der Waals surface area (Å²) in [5, 5.41) is 14.3. The number of hydrogen-bond acceptors (Lipinski definition) is 7. The van der Waals surface area contributed by atoms with Crippen LogP contribution in [-0.2, 0) is 10.2 Å². The molecule has 4 atom stereocenters. The van der Waals surface area contributed by atoms with Gasteiger partial charge in [-0.1, -0.05) is 42.5 Å². The number of nitrogens with one attached hydrogen (secondary N) is 1. The molecule has 3 aromatic carbocycles. The average molecular weight is 546 g/mol. The highest BCUT2D eigenvalue weighted by Gasteiger charge is 2.70. The predicted molar refractivity (Wildman–Crippen MR) is 151 cm³/mol. The number of amides is 1. The van der Waals surface area contributed by atoms with Crippen molar-refractivity contribution in [1.29, 1.82) is 0 Å². The summed E-state index contributed by atoms with van der Waals surface area (Å²) in [5.41, 5.74) is 2.33. The number of anilines is 2. The Balaban J connectivity index is 1.53. The number of para-hydroxylation sites is 2. The first-order chi connectivity index (χ1) is 19.8. The lowest BCUT2D eigenvalue weighted by Gasteiger charge is -2.39. The highest BCUT2D eigenvalue weighted by Crippen LogP contribution is 2.58. The maximum absolute atomic E-state index is 14.6. The van der Waals surface area contributed by atoms with Crippen LogP contribution in [0.4, 0.5) is 17.1 Å². The minimum atomic E-state index is -1.46. The number of fused-ring (bicyclic) bond motifs is 6. The lowest BCUT2D eigenvalue weighted by Crippen LogP contribution is -2.51. The molecular formula is C32H23N3O6. The van der Waals surface area contributed by atoms with E-state index in [9.17, 15) is 24.5 Å². The van der Waals surface area contributed by atoms with Crippen LogP contribution in [0.1, 0.15) is 39.0 Å². The summed E-state index contributed by atoms with van der Waals surface area (Å²) >= 11 is 0. The summed E-state index contributed by atoms with van der Waals surface area (Å²) in [6, 6.07) is 21.5. The summed E-state index contributed by atoms with van der Waals surface area (Å²) < 4.78 is 5.55. The zero-order chi connectivity index (χ0) is 28.5. The van der Waals surface area contributed by atoms with Gasteiger partial charge in [-0.25, -0.2) is 0 Å². The third-order valence-electron chi connectivity index (χ3n) is 8.56. The number of allylic oxidation sites excluding steroid dienone is 1. The predicted octanol–water partition coefficient (Wildman–Crippen LogP) is 5.43. The van der Waals surface area contributed by atoms with Crippen LogP contribution in [0.25, 0.3) is 5.57 Å². The third kappa shape index (κ3) is 3.32. The molecule has 202 valence electrons. The van der Waals surface area contributed by atoms with E-state index < -0.39 is 39.9 Å². The van der Waals surface area contributed by atoms with Crippen molar-refractivity contribution < 1.29 is 23.7 Å². The Bertz CT molecular complexity index is 1790. The van der Waals surface area contributed by atoms with Crippen LogP contribution in [0.15, 0.2) is 102 Å². The molecule has 9 heteroatoms. The lowest BCUT2D eigenvalue weighted by atomic mass is 9.64. The van der Waals surface area contributed by atoms with Crippen molar-refractivity contribution in [1.82, 2.24) is 0 Å². The monoisotopic (exact) mass is 545 g/mol. The van der Waals surface area contributed by atoms with Crippen molar-refractivity contribution in [2.24, 2.45) is 5.92 Å². The topological polar surface area (TPSA) is 123 Å². The number of nitro groups is 1. The maximum atomic E-state index is 14.6. The number of carbonyl (C=O) groups excluding carboxylic acids is 3. The molecule has 41 heavy (non-hydrogen) atoms. The number of non-ortho nitro benzene ring substituents is 1. The van der Waals surface area contributed by atoms with Gasteiger partial charge in [-0.15, -0.1) is 0 Å². The molecule has 1 aromatic heterocycles. The molecule has 0 bridgehead atoms. The van der Waals surface area contributed by atoms with Crippen LogP contribution >= 0.6 is 0 Å². The Kier molecular flexibility index (Phi) is 5.34. The lowest BCUT2D eigenvalue weighted by molar-refractivity contribution is -0.384. The van der Waals surface area contributed by atoms with Gasteiger partial charge in [-0.3, -0.25) is 24.5 Å². The molecule has 0 unspecified atom stereocenters. The van der Waals surface area contributed by atoms with Crippen molar-refractivity contribution >= 4 is 40.1 Å². The fraction of sp³-hybridized carbons (Fsp3) is 0.156. The molecule has 1 N–H and O–H groups in total. The zero-order valence-electron chi connectivity index (χ0n) is 21.8. The van der Waals surface area contributed by atoms with E-state index in [1.165, 1.54) is 36.6 Å². The second-order valence-electron chi connectivity index (χ2n) is 10.5. The van der Waals surface area contributed by atoms with Gasteiger partial charge in [0.05, 0.1) is 23.1 Å². The number of Topliss-reactive ketones (excluding diaryl/α,β-unsaturated/α-hetero) is 2. The van der Waals surface area contributed by atoms with Gasteiger partial charge in [0.2, 0.25) is 11.7 Å². The van der Waals surface area contributed by atoms with Gasteiger partial charge in [-0.2, -0.15) is 0 Å². The molecule has 9 nitrogen and oxygen atoms in total. The fourth-order valence-electron chi connectivity index (χ4n) is 6.88. The van der Waals surface area contributed by atoms with Gasteiger partial charge in [0, 0.05) is 34.6 Å². The van der Waals surface area contributed by atoms with E-state index in [1.54, 1.807) is 12.1 Å². The normalized spacial score (nSPS) is 23.8. The quantitative estimate of drug-likeness (QED) is 0.201. The molecule has 3 aliphatic rings. The fourth-order valence-corrected chi connectivity index (χ4v) is 6.88. The van der Waals surface area contributed by atoms with Gasteiger partial charge in [0.15, 0.2) is 11.5 Å². The summed E-state index contributed by atoms with van der Waals surface area (Å²) in [7, 11) is 0. The third-order valence-corrected chi connectivity index (χ3v) is 8.56. The summed E-state index contributed by atoms with van der Waals surface area (Å²) in [4.78, 5) is 56.0. The molecule has 0 aliphatic carbocycles. The van der Waals surface area contributed by atoms with E-state index in [4.69, 9.17) is 4.42 Å². The first-order valence-electron chi connectivity index (χ1n) is 13.2. The molecule has 1 fully saturated rings. The van der Waals surface area contributed by atoms with Crippen LogP contribution < -0.4 is 10.2 Å². The number of furan rings is 1. The Morgan fingerprint density at radius 2 is 1.68 bits per heavy atom. The molecule has 7 rings (SSSR count). The number of rotatable bonds is 5. The van der Waals surface area contributed by atoms with Crippen molar-refractivity contribution in [3.63, 3.8) is 0 Å². The van der Waals surface area contributed by atoms with Gasteiger partial charge in [0.1, 0.15) is 11.5 Å². The Labute approximate surface area is 234 Å². The van der Waals surface area contributed by atoms with Crippen LogP contribution in [0.5, 0.6) is 0 Å². The molecule has 3 aliphatic heterocycles. The largest absolute Gasteiger partial charge is 0.461 e. The van der Waals surface area contributed by atoms with Crippen LogP contribution in [0, 0.1) is 16.0 Å². The van der Waals surface area contributed by atoms with Gasteiger partial charge in [-0.05, 0) is 54.5 Å². The second kappa shape index (κ2) is 8.85. The van der Waals surface area contributed by atoms with E-state index in [-0.39, 0.29) is 22.9 Å². The second-order valence-corrected chi connectivity index (χ2v) is 10.5. The highest BCUT2D eigenvalue weighted by atomic mass is 16.6. The van der Waals surface area contributed by atoms with E-state index in [0.29, 0.717) is 11.3 Å². The smallest absolute Gasteiger partial charge is 0.269 e. The Morgan fingerprint density at radius 3 is 2.41 bits per heavy atom. The van der Waals surface area contributed by atoms with Crippen molar-refractivity contribution in [3.8, 4) is 0 Å².